The number of allylic oxidation sites excluding steroid dienone is 3. The number of fused-ring (bicyclic) bond motifs is 1. The van der Waals surface area contributed by atoms with Gasteiger partial charge in [0.05, 0.1) is 11.9 Å². The summed E-state index contributed by atoms with van der Waals surface area (Å²) in [5.41, 5.74) is 3.42. The fraction of sp³-hybridized carbons (Fsp3) is 0.0952. The van der Waals surface area contributed by atoms with Gasteiger partial charge >= 0.3 is 12.2 Å². The van der Waals surface area contributed by atoms with Crippen LogP contribution >= 0.6 is 0 Å². The number of nitrogens with one attached hydrogen (secondary N) is 3. The molecule has 2 aromatic heterocycles. The lowest BCUT2D eigenvalue weighted by atomic mass is 10.1. The maximum absolute atomic E-state index is 12.3. The molecule has 0 atom stereocenters. The number of anilines is 1. The summed E-state index contributed by atoms with van der Waals surface area (Å²) in [6.45, 7) is -1.42. The number of rotatable bonds is 5. The first-order valence-electron chi connectivity index (χ1n) is 9.17. The Bertz CT molecular complexity index is 1230. The third kappa shape index (κ3) is 4.74. The van der Waals surface area contributed by atoms with E-state index in [-0.39, 0.29) is 5.91 Å². The molecule has 10 heteroatoms. The van der Waals surface area contributed by atoms with Gasteiger partial charge in [-0.15, -0.1) is 0 Å². The van der Waals surface area contributed by atoms with Crippen molar-refractivity contribution in [3.8, 4) is 11.3 Å². The minimum Gasteiger partial charge on any atom is -0.329 e. The first-order chi connectivity index (χ1) is 14.8. The van der Waals surface area contributed by atoms with E-state index in [9.17, 15) is 22.8 Å². The summed E-state index contributed by atoms with van der Waals surface area (Å²) < 4.78 is 38.5. The molecule has 1 aliphatic carbocycles. The van der Waals surface area contributed by atoms with Crippen LogP contribution in [-0.2, 0) is 0 Å². The first-order valence-corrected chi connectivity index (χ1v) is 9.17. The number of halogens is 3. The van der Waals surface area contributed by atoms with Gasteiger partial charge in [-0.05, 0) is 36.4 Å². The number of nitrogens with zero attached hydrogens (tertiary/aromatic N) is 2. The SMILES string of the molecule is O=C(NCC(F)(F)F)Nc1cccc(-c2cnc3cc(C(=O)NC4=CC=C4)ccn23)c1. The first kappa shape index (κ1) is 20.2. The molecule has 3 N–H and O–H groups in total. The second kappa shape index (κ2) is 7.98. The summed E-state index contributed by atoms with van der Waals surface area (Å²) in [6.07, 6.45) is 4.22. The van der Waals surface area contributed by atoms with Crippen molar-refractivity contribution >= 4 is 23.3 Å². The number of pyridine rings is 1. The second-order valence-electron chi connectivity index (χ2n) is 6.73. The Morgan fingerprint density at radius 3 is 2.61 bits per heavy atom. The summed E-state index contributed by atoms with van der Waals surface area (Å²) in [6, 6.07) is 8.96. The molecule has 1 aromatic carbocycles. The van der Waals surface area contributed by atoms with E-state index < -0.39 is 18.8 Å². The lowest BCUT2D eigenvalue weighted by Gasteiger charge is -2.11. The Morgan fingerprint density at radius 2 is 1.90 bits per heavy atom. The highest BCUT2D eigenvalue weighted by molar-refractivity contribution is 5.96. The van der Waals surface area contributed by atoms with Gasteiger partial charge in [0, 0.05) is 28.7 Å². The van der Waals surface area contributed by atoms with Crippen molar-refractivity contribution in [3.63, 3.8) is 0 Å². The van der Waals surface area contributed by atoms with Crippen LogP contribution in [0.2, 0.25) is 0 Å². The van der Waals surface area contributed by atoms with Gasteiger partial charge in [-0.3, -0.25) is 9.20 Å². The molecule has 3 aromatic rings. The second-order valence-corrected chi connectivity index (χ2v) is 6.73. The van der Waals surface area contributed by atoms with E-state index in [1.807, 2.05) is 6.08 Å². The van der Waals surface area contributed by atoms with E-state index in [4.69, 9.17) is 0 Å². The van der Waals surface area contributed by atoms with E-state index in [1.165, 1.54) is 0 Å². The molecule has 0 spiro atoms. The maximum atomic E-state index is 12.3. The zero-order valence-electron chi connectivity index (χ0n) is 15.9. The van der Waals surface area contributed by atoms with Crippen LogP contribution in [-0.4, -0.2) is 34.0 Å². The van der Waals surface area contributed by atoms with Crippen LogP contribution < -0.4 is 16.0 Å². The zero-order chi connectivity index (χ0) is 22.0. The number of hydrogen-bond acceptors (Lipinski definition) is 3. The predicted octanol–water partition coefficient (Wildman–Crippen LogP) is 3.87. The van der Waals surface area contributed by atoms with Crippen LogP contribution in [0.15, 0.2) is 72.7 Å². The number of aromatic nitrogens is 2. The van der Waals surface area contributed by atoms with Crippen molar-refractivity contribution in [2.75, 3.05) is 11.9 Å². The molecule has 0 saturated carbocycles. The average molecular weight is 427 g/mol. The molecule has 0 bridgehead atoms. The fourth-order valence-corrected chi connectivity index (χ4v) is 2.93. The Balaban J connectivity index is 1.51. The van der Waals surface area contributed by atoms with Crippen molar-refractivity contribution in [1.82, 2.24) is 20.0 Å². The molecule has 0 aliphatic heterocycles. The molecule has 0 fully saturated rings. The third-order valence-electron chi connectivity index (χ3n) is 4.45. The van der Waals surface area contributed by atoms with E-state index in [0.717, 1.165) is 5.70 Å². The minimum atomic E-state index is -4.49. The highest BCUT2D eigenvalue weighted by Gasteiger charge is 2.27. The molecular weight excluding hydrogens is 411 g/mol. The summed E-state index contributed by atoms with van der Waals surface area (Å²) >= 11 is 0. The number of alkyl halides is 3. The smallest absolute Gasteiger partial charge is 0.329 e. The van der Waals surface area contributed by atoms with Crippen LogP contribution in [0.1, 0.15) is 10.4 Å². The number of carbonyl (C=O) groups excluding carboxylic acids is 2. The Hall–Kier alpha value is -4.08. The van der Waals surface area contributed by atoms with Gasteiger partial charge in [0.25, 0.3) is 5.91 Å². The number of carbonyl (C=O) groups is 2. The van der Waals surface area contributed by atoms with Crippen molar-refractivity contribution in [2.24, 2.45) is 0 Å². The minimum absolute atomic E-state index is 0.251. The zero-order valence-corrected chi connectivity index (χ0v) is 15.9. The normalized spacial score (nSPS) is 12.8. The third-order valence-corrected chi connectivity index (χ3v) is 4.45. The van der Waals surface area contributed by atoms with E-state index in [1.54, 1.807) is 70.7 Å². The molecule has 3 amide bonds. The Kier molecular flexibility index (Phi) is 5.20. The molecule has 31 heavy (non-hydrogen) atoms. The largest absolute Gasteiger partial charge is 0.405 e. The molecule has 7 nitrogen and oxygen atoms in total. The van der Waals surface area contributed by atoms with Gasteiger partial charge in [-0.2, -0.15) is 13.2 Å². The highest BCUT2D eigenvalue weighted by atomic mass is 19.4. The molecular formula is C21H16F3N5O2. The summed E-state index contributed by atoms with van der Waals surface area (Å²) in [4.78, 5) is 28.3. The van der Waals surface area contributed by atoms with E-state index in [0.29, 0.717) is 28.2 Å². The maximum Gasteiger partial charge on any atom is 0.405 e. The number of hydrogen-bond donors (Lipinski definition) is 3. The number of urea groups is 1. The lowest BCUT2D eigenvalue weighted by molar-refractivity contribution is -0.122. The molecule has 0 saturated heterocycles. The molecule has 4 rings (SSSR count). The average Bonchev–Trinajstić information content (AvgIpc) is 3.12. The summed E-state index contributed by atoms with van der Waals surface area (Å²) in [7, 11) is 0. The number of benzene rings is 1. The fourth-order valence-electron chi connectivity index (χ4n) is 2.93. The van der Waals surface area contributed by atoms with Crippen LogP contribution in [0, 0.1) is 0 Å². The lowest BCUT2D eigenvalue weighted by Crippen LogP contribution is -2.36. The number of imidazole rings is 1. The van der Waals surface area contributed by atoms with Crippen LogP contribution in [0.4, 0.5) is 23.7 Å². The van der Waals surface area contributed by atoms with Crippen molar-refractivity contribution in [2.45, 2.75) is 6.18 Å². The van der Waals surface area contributed by atoms with Gasteiger partial charge in [0.2, 0.25) is 0 Å². The van der Waals surface area contributed by atoms with Gasteiger partial charge < -0.3 is 16.0 Å². The standard InChI is InChI=1S/C21H16F3N5O2/c22-21(23,24)12-26-20(31)28-16-6-1-3-13(9-16)17-11-25-18-10-14(7-8-29(17)18)19(30)27-15-4-2-5-15/h1-11H,12H2,(H,27,30)(H2,26,28,31). The van der Waals surface area contributed by atoms with Crippen LogP contribution in [0.25, 0.3) is 16.9 Å². The van der Waals surface area contributed by atoms with Crippen molar-refractivity contribution < 1.29 is 22.8 Å². The quantitative estimate of drug-likeness (QED) is 0.578. The molecule has 0 radical (unpaired) electrons. The van der Waals surface area contributed by atoms with Gasteiger partial charge in [-0.25, -0.2) is 9.78 Å². The Labute approximate surface area is 174 Å². The molecule has 0 unspecified atom stereocenters. The monoisotopic (exact) mass is 427 g/mol. The van der Waals surface area contributed by atoms with Crippen LogP contribution in [0.5, 0.6) is 0 Å². The van der Waals surface area contributed by atoms with Gasteiger partial charge in [0.1, 0.15) is 12.2 Å². The van der Waals surface area contributed by atoms with Gasteiger partial charge in [0.15, 0.2) is 0 Å². The van der Waals surface area contributed by atoms with Gasteiger partial charge in [-0.1, -0.05) is 18.2 Å². The predicted molar refractivity (Wildman–Crippen MR) is 108 cm³/mol. The highest BCUT2D eigenvalue weighted by Crippen LogP contribution is 2.24. The molecule has 158 valence electrons. The van der Waals surface area contributed by atoms with E-state index >= 15 is 0 Å². The summed E-state index contributed by atoms with van der Waals surface area (Å²) in [5, 5.41) is 6.89. The molecule has 2 heterocycles. The number of amides is 3. The summed E-state index contributed by atoms with van der Waals surface area (Å²) in [5.74, 6) is -0.251. The van der Waals surface area contributed by atoms with Crippen molar-refractivity contribution in [3.05, 3.63) is 78.3 Å². The van der Waals surface area contributed by atoms with Crippen LogP contribution in [0.3, 0.4) is 0 Å². The topological polar surface area (TPSA) is 87.5 Å². The Morgan fingerprint density at radius 1 is 1.10 bits per heavy atom. The van der Waals surface area contributed by atoms with Crippen molar-refractivity contribution in [1.29, 1.82) is 0 Å². The molecule has 1 aliphatic rings. The van der Waals surface area contributed by atoms with E-state index in [2.05, 4.69) is 15.6 Å².